The van der Waals surface area contributed by atoms with Crippen LogP contribution in [-0.4, -0.2) is 5.25 Å². The molecule has 0 radical (unpaired) electrons. The first-order valence-corrected chi connectivity index (χ1v) is 8.40. The molecule has 2 fully saturated rings. The second-order valence-electron chi connectivity index (χ2n) is 5.35. The molecule has 0 spiro atoms. The number of hydrogen-bond acceptors (Lipinski definition) is 1. The molecule has 0 bridgehead atoms. The van der Waals surface area contributed by atoms with Gasteiger partial charge in [-0.1, -0.05) is 49.5 Å². The Balaban J connectivity index is 1.88. The van der Waals surface area contributed by atoms with Crippen LogP contribution in [0.25, 0.3) is 0 Å². The predicted molar refractivity (Wildman–Crippen MR) is 70.4 cm³/mol. The molecule has 88 valence electrons. The molecular weight excluding hydrogens is 224 g/mol. The van der Waals surface area contributed by atoms with E-state index >= 15 is 0 Å². The van der Waals surface area contributed by atoms with Crippen LogP contribution in [0.15, 0.2) is 0 Å². The highest BCUT2D eigenvalue weighted by atomic mass is 35.7. The lowest BCUT2D eigenvalue weighted by Crippen LogP contribution is -2.28. The van der Waals surface area contributed by atoms with E-state index in [2.05, 4.69) is 0 Å². The highest BCUT2D eigenvalue weighted by Gasteiger charge is 2.31. The van der Waals surface area contributed by atoms with E-state index in [1.54, 1.807) is 11.0 Å². The fourth-order valence-electron chi connectivity index (χ4n) is 3.46. The van der Waals surface area contributed by atoms with Gasteiger partial charge in [0.25, 0.3) is 0 Å². The van der Waals surface area contributed by atoms with Crippen molar-refractivity contribution in [3.63, 3.8) is 0 Å². The van der Waals surface area contributed by atoms with E-state index in [9.17, 15) is 0 Å². The zero-order valence-electron chi connectivity index (χ0n) is 9.59. The standard InChI is InChI=1S/C13H23ClS/c14-15-13(11-7-3-1-4-8-11)12-9-5-2-6-10-12/h11-13H,1-10H2. The monoisotopic (exact) mass is 246 g/mol. The van der Waals surface area contributed by atoms with Crippen LogP contribution in [0.2, 0.25) is 0 Å². The van der Waals surface area contributed by atoms with Crippen molar-refractivity contribution in [3.05, 3.63) is 0 Å². The molecule has 15 heavy (non-hydrogen) atoms. The van der Waals surface area contributed by atoms with Crippen LogP contribution >= 0.6 is 21.7 Å². The van der Waals surface area contributed by atoms with E-state index in [1.165, 1.54) is 64.2 Å². The van der Waals surface area contributed by atoms with E-state index in [0.29, 0.717) is 0 Å². The first-order valence-electron chi connectivity index (χ1n) is 6.69. The normalized spacial score (nSPS) is 26.0. The summed E-state index contributed by atoms with van der Waals surface area (Å²) in [6.45, 7) is 0. The summed E-state index contributed by atoms with van der Waals surface area (Å²) in [7, 11) is 7.81. The molecule has 2 aliphatic rings. The third kappa shape index (κ3) is 3.30. The summed E-state index contributed by atoms with van der Waals surface area (Å²) in [5, 5.41) is 0.771. The lowest BCUT2D eigenvalue weighted by Gasteiger charge is -2.35. The molecule has 0 aromatic carbocycles. The van der Waals surface area contributed by atoms with Crippen LogP contribution in [0.1, 0.15) is 64.2 Å². The van der Waals surface area contributed by atoms with Gasteiger partial charge in [-0.3, -0.25) is 0 Å². The van der Waals surface area contributed by atoms with Gasteiger partial charge >= 0.3 is 0 Å². The average molecular weight is 247 g/mol. The van der Waals surface area contributed by atoms with Crippen LogP contribution in [0.5, 0.6) is 0 Å². The first-order chi connectivity index (χ1) is 7.42. The largest absolute Gasteiger partial charge is 0.0533 e. The van der Waals surface area contributed by atoms with Gasteiger partial charge in [-0.05, 0) is 48.2 Å². The van der Waals surface area contributed by atoms with Crippen molar-refractivity contribution in [1.29, 1.82) is 0 Å². The average Bonchev–Trinajstić information content (AvgIpc) is 2.33. The first kappa shape index (κ1) is 12.1. The van der Waals surface area contributed by atoms with Gasteiger partial charge < -0.3 is 0 Å². The molecule has 2 heteroatoms. The van der Waals surface area contributed by atoms with Gasteiger partial charge in [0.1, 0.15) is 0 Å². The summed E-state index contributed by atoms with van der Waals surface area (Å²) in [5.41, 5.74) is 0. The summed E-state index contributed by atoms with van der Waals surface area (Å²) < 4.78 is 0. The molecule has 0 aromatic heterocycles. The summed E-state index contributed by atoms with van der Waals surface area (Å²) >= 11 is 0. The second kappa shape index (κ2) is 6.39. The number of rotatable bonds is 3. The maximum atomic E-state index is 6.15. The minimum atomic E-state index is 0.771. The summed E-state index contributed by atoms with van der Waals surface area (Å²) in [4.78, 5) is 0. The number of halogens is 1. The Kier molecular flexibility index (Phi) is 5.16. The van der Waals surface area contributed by atoms with Crippen molar-refractivity contribution in [1.82, 2.24) is 0 Å². The highest BCUT2D eigenvalue weighted by Crippen LogP contribution is 2.42. The predicted octanol–water partition coefficient (Wildman–Crippen LogP) is 5.40. The van der Waals surface area contributed by atoms with Crippen molar-refractivity contribution in [2.75, 3.05) is 0 Å². The van der Waals surface area contributed by atoms with E-state index < -0.39 is 0 Å². The van der Waals surface area contributed by atoms with E-state index in [4.69, 9.17) is 10.7 Å². The molecular formula is C13H23ClS. The fourth-order valence-corrected chi connectivity index (χ4v) is 5.16. The zero-order chi connectivity index (χ0) is 10.5. The van der Waals surface area contributed by atoms with Crippen molar-refractivity contribution >= 4 is 21.7 Å². The second-order valence-corrected chi connectivity index (χ2v) is 6.61. The smallest absolute Gasteiger partial charge is 0.0256 e. The molecule has 0 N–H and O–H groups in total. The molecule has 2 rings (SSSR count). The van der Waals surface area contributed by atoms with E-state index in [1.807, 2.05) is 0 Å². The fraction of sp³-hybridized carbons (Fsp3) is 1.00. The van der Waals surface area contributed by atoms with Crippen molar-refractivity contribution in [2.45, 2.75) is 69.5 Å². The van der Waals surface area contributed by atoms with Crippen LogP contribution < -0.4 is 0 Å². The molecule has 0 atom stereocenters. The van der Waals surface area contributed by atoms with Gasteiger partial charge in [-0.2, -0.15) is 0 Å². The lowest BCUT2D eigenvalue weighted by atomic mass is 9.77. The van der Waals surface area contributed by atoms with E-state index in [-0.39, 0.29) is 0 Å². The van der Waals surface area contributed by atoms with Crippen molar-refractivity contribution in [2.24, 2.45) is 11.8 Å². The Hall–Kier alpha value is 0.640. The Labute approximate surface area is 103 Å². The van der Waals surface area contributed by atoms with Crippen LogP contribution in [0.4, 0.5) is 0 Å². The SMILES string of the molecule is ClSC(C1CCCCC1)C1CCCCC1. The van der Waals surface area contributed by atoms with Gasteiger partial charge in [0.2, 0.25) is 0 Å². The molecule has 0 heterocycles. The molecule has 0 unspecified atom stereocenters. The molecule has 0 nitrogen and oxygen atoms in total. The van der Waals surface area contributed by atoms with Crippen LogP contribution in [0, 0.1) is 11.8 Å². The summed E-state index contributed by atoms with van der Waals surface area (Å²) in [6, 6.07) is 0. The van der Waals surface area contributed by atoms with Crippen LogP contribution in [0.3, 0.4) is 0 Å². The van der Waals surface area contributed by atoms with Crippen LogP contribution in [-0.2, 0) is 0 Å². The minimum Gasteiger partial charge on any atom is -0.0533 e. The van der Waals surface area contributed by atoms with Gasteiger partial charge in [-0.25, -0.2) is 0 Å². The molecule has 0 amide bonds. The van der Waals surface area contributed by atoms with Gasteiger partial charge in [0.15, 0.2) is 0 Å². The molecule has 0 saturated heterocycles. The maximum Gasteiger partial charge on any atom is 0.0256 e. The lowest BCUT2D eigenvalue weighted by molar-refractivity contribution is 0.256. The van der Waals surface area contributed by atoms with E-state index in [0.717, 1.165) is 17.1 Å². The summed E-state index contributed by atoms with van der Waals surface area (Å²) in [6.07, 6.45) is 14.5. The van der Waals surface area contributed by atoms with Crippen molar-refractivity contribution < 1.29 is 0 Å². The highest BCUT2D eigenvalue weighted by molar-refractivity contribution is 8.21. The van der Waals surface area contributed by atoms with Gasteiger partial charge in [0.05, 0.1) is 0 Å². The molecule has 0 aromatic rings. The Morgan fingerprint density at radius 1 is 0.733 bits per heavy atom. The number of hydrogen-bond donors (Lipinski definition) is 0. The Morgan fingerprint density at radius 3 is 1.47 bits per heavy atom. The Bertz CT molecular complexity index is 153. The van der Waals surface area contributed by atoms with Gasteiger partial charge in [0, 0.05) is 5.25 Å². The molecule has 0 aliphatic heterocycles. The third-order valence-corrected chi connectivity index (χ3v) is 5.92. The zero-order valence-corrected chi connectivity index (χ0v) is 11.2. The van der Waals surface area contributed by atoms with Gasteiger partial charge in [-0.15, -0.1) is 0 Å². The quantitative estimate of drug-likeness (QED) is 0.642. The van der Waals surface area contributed by atoms with Crippen molar-refractivity contribution in [3.8, 4) is 0 Å². The summed E-state index contributed by atoms with van der Waals surface area (Å²) in [5.74, 6) is 1.87. The minimum absolute atomic E-state index is 0.771. The maximum absolute atomic E-state index is 6.15. The topological polar surface area (TPSA) is 0 Å². The molecule has 2 aliphatic carbocycles. The molecule has 2 saturated carbocycles. The Morgan fingerprint density at radius 2 is 1.13 bits per heavy atom. The third-order valence-electron chi connectivity index (χ3n) is 4.33.